The van der Waals surface area contributed by atoms with E-state index in [1.165, 1.54) is 0 Å². The third kappa shape index (κ3) is 5.10. The number of carbonyl (C=O) groups excluding carboxylic acids is 1. The number of hydrogen-bond acceptors (Lipinski definition) is 3. The van der Waals surface area contributed by atoms with Gasteiger partial charge in [0, 0.05) is 47.3 Å². The zero-order chi connectivity index (χ0) is 19.1. The van der Waals surface area contributed by atoms with Gasteiger partial charge < -0.3 is 10.2 Å². The molecule has 0 fully saturated rings. The Labute approximate surface area is 161 Å². The molecule has 0 radical (unpaired) electrons. The van der Waals surface area contributed by atoms with Gasteiger partial charge in [-0.05, 0) is 57.4 Å². The van der Waals surface area contributed by atoms with Crippen LogP contribution in [0.1, 0.15) is 47.0 Å². The van der Waals surface area contributed by atoms with Crippen molar-refractivity contribution in [3.63, 3.8) is 0 Å². The van der Waals surface area contributed by atoms with E-state index >= 15 is 0 Å². The molecule has 142 valence electrons. The summed E-state index contributed by atoms with van der Waals surface area (Å²) in [5, 5.41) is 5.23. The average Bonchev–Trinajstić information content (AvgIpc) is 2.61. The Balaban J connectivity index is 1.95. The Morgan fingerprint density at radius 1 is 1.23 bits per heavy atom. The minimum atomic E-state index is 0.138. The van der Waals surface area contributed by atoms with Gasteiger partial charge in [-0.1, -0.05) is 25.4 Å². The van der Waals surface area contributed by atoms with E-state index in [0.717, 1.165) is 48.9 Å². The molecule has 2 rings (SSSR count). The van der Waals surface area contributed by atoms with Crippen LogP contribution in [0.3, 0.4) is 0 Å². The van der Waals surface area contributed by atoms with Gasteiger partial charge in [-0.25, -0.2) is 0 Å². The highest BCUT2D eigenvalue weighted by Gasteiger charge is 2.23. The third-order valence-electron chi connectivity index (χ3n) is 4.84. The molecule has 1 amide bonds. The summed E-state index contributed by atoms with van der Waals surface area (Å²) >= 11 is 6.04. The Morgan fingerprint density at radius 3 is 2.62 bits per heavy atom. The fourth-order valence-electron chi connectivity index (χ4n) is 3.24. The number of pyridine rings is 1. The number of benzene rings is 1. The largest absolute Gasteiger partial charge is 0.384 e. The summed E-state index contributed by atoms with van der Waals surface area (Å²) in [7, 11) is 0. The molecule has 1 N–H and O–H groups in total. The zero-order valence-electron chi connectivity index (χ0n) is 16.3. The SMILES string of the molecule is CCC(CC)C(=O)N(CCCNc1ccnc2cc(Cl)ccc12)C(C)C. The van der Waals surface area contributed by atoms with Gasteiger partial charge in [0.15, 0.2) is 0 Å². The van der Waals surface area contributed by atoms with Gasteiger partial charge in [-0.2, -0.15) is 0 Å². The van der Waals surface area contributed by atoms with Gasteiger partial charge in [0.25, 0.3) is 0 Å². The number of carbonyl (C=O) groups is 1. The second kappa shape index (κ2) is 9.77. The molecule has 1 aromatic carbocycles. The molecule has 0 aliphatic carbocycles. The van der Waals surface area contributed by atoms with Gasteiger partial charge in [0.1, 0.15) is 0 Å². The highest BCUT2D eigenvalue weighted by Crippen LogP contribution is 2.24. The van der Waals surface area contributed by atoms with Crippen LogP contribution in [0.2, 0.25) is 5.02 Å². The molecule has 1 heterocycles. The van der Waals surface area contributed by atoms with Crippen LogP contribution in [0.25, 0.3) is 10.9 Å². The number of halogens is 1. The Bertz CT molecular complexity index is 728. The fraction of sp³-hybridized carbons (Fsp3) is 0.524. The van der Waals surface area contributed by atoms with Gasteiger partial charge >= 0.3 is 0 Å². The number of anilines is 1. The van der Waals surface area contributed by atoms with Crippen molar-refractivity contribution in [3.8, 4) is 0 Å². The van der Waals surface area contributed by atoms with Crippen LogP contribution < -0.4 is 5.32 Å². The van der Waals surface area contributed by atoms with Gasteiger partial charge in [0.2, 0.25) is 5.91 Å². The van der Waals surface area contributed by atoms with Crippen LogP contribution in [0.5, 0.6) is 0 Å². The molecule has 5 heteroatoms. The highest BCUT2D eigenvalue weighted by molar-refractivity contribution is 6.31. The summed E-state index contributed by atoms with van der Waals surface area (Å²) in [4.78, 5) is 19.1. The summed E-state index contributed by atoms with van der Waals surface area (Å²) in [6, 6.07) is 7.95. The number of rotatable bonds is 9. The molecule has 26 heavy (non-hydrogen) atoms. The lowest BCUT2D eigenvalue weighted by molar-refractivity contribution is -0.137. The molecule has 0 bridgehead atoms. The summed E-state index contributed by atoms with van der Waals surface area (Å²) in [6.45, 7) is 9.94. The van der Waals surface area contributed by atoms with Crippen LogP contribution in [0.4, 0.5) is 5.69 Å². The Hall–Kier alpha value is -1.81. The van der Waals surface area contributed by atoms with Crippen LogP contribution in [-0.4, -0.2) is 34.9 Å². The first kappa shape index (κ1) is 20.5. The van der Waals surface area contributed by atoms with Gasteiger partial charge in [-0.3, -0.25) is 9.78 Å². The molecule has 2 aromatic rings. The first-order valence-corrected chi connectivity index (χ1v) is 9.94. The average molecular weight is 376 g/mol. The molecule has 0 atom stereocenters. The smallest absolute Gasteiger partial charge is 0.225 e. The molecular formula is C21H30ClN3O. The molecular weight excluding hydrogens is 346 g/mol. The first-order chi connectivity index (χ1) is 12.5. The van der Waals surface area contributed by atoms with Crippen LogP contribution in [0, 0.1) is 5.92 Å². The van der Waals surface area contributed by atoms with E-state index in [1.54, 1.807) is 6.20 Å². The molecule has 0 saturated heterocycles. The maximum Gasteiger partial charge on any atom is 0.225 e. The molecule has 1 aromatic heterocycles. The molecule has 4 nitrogen and oxygen atoms in total. The van der Waals surface area contributed by atoms with Crippen molar-refractivity contribution < 1.29 is 4.79 Å². The second-order valence-corrected chi connectivity index (χ2v) is 7.38. The number of nitrogens with zero attached hydrogens (tertiary/aromatic N) is 2. The van der Waals surface area contributed by atoms with Crippen molar-refractivity contribution in [1.82, 2.24) is 9.88 Å². The van der Waals surface area contributed by atoms with Crippen LogP contribution in [0.15, 0.2) is 30.5 Å². The molecule has 0 saturated carbocycles. The summed E-state index contributed by atoms with van der Waals surface area (Å²) in [5.41, 5.74) is 1.93. The normalized spacial score (nSPS) is 11.3. The minimum Gasteiger partial charge on any atom is -0.384 e. The van der Waals surface area contributed by atoms with Gasteiger partial charge in [0.05, 0.1) is 5.52 Å². The monoisotopic (exact) mass is 375 g/mol. The lowest BCUT2D eigenvalue weighted by Crippen LogP contribution is -2.41. The number of nitrogens with one attached hydrogen (secondary N) is 1. The number of hydrogen-bond donors (Lipinski definition) is 1. The summed E-state index contributed by atoms with van der Waals surface area (Å²) < 4.78 is 0. The molecule has 0 spiro atoms. The van der Waals surface area contributed by atoms with Crippen molar-refractivity contribution in [3.05, 3.63) is 35.5 Å². The van der Waals surface area contributed by atoms with Crippen molar-refractivity contribution in [1.29, 1.82) is 0 Å². The standard InChI is InChI=1S/C21H30ClN3O/c1-5-16(6-2)21(26)25(15(3)4)13-7-11-23-19-10-12-24-20-14-17(22)8-9-18(19)20/h8-10,12,14-16H,5-7,11,13H2,1-4H3,(H,23,24). The van der Waals surface area contributed by atoms with E-state index in [0.29, 0.717) is 5.02 Å². The van der Waals surface area contributed by atoms with Crippen molar-refractivity contribution >= 4 is 34.1 Å². The van der Waals surface area contributed by atoms with Crippen molar-refractivity contribution in [2.45, 2.75) is 53.0 Å². The molecule has 0 aliphatic heterocycles. The maximum atomic E-state index is 12.7. The highest BCUT2D eigenvalue weighted by atomic mass is 35.5. The van der Waals surface area contributed by atoms with Crippen molar-refractivity contribution in [2.24, 2.45) is 5.92 Å². The number of aromatic nitrogens is 1. The molecule has 0 unspecified atom stereocenters. The van der Waals surface area contributed by atoms with Crippen molar-refractivity contribution in [2.75, 3.05) is 18.4 Å². The predicted molar refractivity (Wildman–Crippen MR) is 111 cm³/mol. The Kier molecular flexibility index (Phi) is 7.70. The van der Waals surface area contributed by atoms with E-state index in [-0.39, 0.29) is 17.9 Å². The number of amides is 1. The van der Waals surface area contributed by atoms with Crippen LogP contribution >= 0.6 is 11.6 Å². The van der Waals surface area contributed by atoms with Crippen LogP contribution in [-0.2, 0) is 4.79 Å². The summed E-state index contributed by atoms with van der Waals surface area (Å²) in [6.07, 6.45) is 4.50. The first-order valence-electron chi connectivity index (χ1n) is 9.56. The van der Waals surface area contributed by atoms with E-state index in [9.17, 15) is 4.79 Å². The van der Waals surface area contributed by atoms with E-state index < -0.39 is 0 Å². The number of fused-ring (bicyclic) bond motifs is 1. The quantitative estimate of drug-likeness (QED) is 0.600. The van der Waals surface area contributed by atoms with E-state index in [4.69, 9.17) is 11.6 Å². The summed E-state index contributed by atoms with van der Waals surface area (Å²) in [5.74, 6) is 0.424. The lowest BCUT2D eigenvalue weighted by Gasteiger charge is -2.30. The second-order valence-electron chi connectivity index (χ2n) is 6.94. The zero-order valence-corrected chi connectivity index (χ0v) is 17.0. The predicted octanol–water partition coefficient (Wildman–Crippen LogP) is 5.36. The topological polar surface area (TPSA) is 45.2 Å². The molecule has 0 aliphatic rings. The van der Waals surface area contributed by atoms with E-state index in [2.05, 4.69) is 38.0 Å². The maximum absolute atomic E-state index is 12.7. The Morgan fingerprint density at radius 2 is 1.96 bits per heavy atom. The van der Waals surface area contributed by atoms with E-state index in [1.807, 2.05) is 29.2 Å². The lowest BCUT2D eigenvalue weighted by atomic mass is 10.0. The minimum absolute atomic E-state index is 0.138. The van der Waals surface area contributed by atoms with Gasteiger partial charge in [-0.15, -0.1) is 0 Å². The fourth-order valence-corrected chi connectivity index (χ4v) is 3.41. The third-order valence-corrected chi connectivity index (χ3v) is 5.07.